The molecule has 0 saturated heterocycles. The Kier molecular flexibility index (Phi) is 9.37. The summed E-state index contributed by atoms with van der Waals surface area (Å²) in [5.41, 5.74) is 1.44. The highest BCUT2D eigenvalue weighted by atomic mass is 16.5. The van der Waals surface area contributed by atoms with Crippen LogP contribution in [0.25, 0.3) is 0 Å². The smallest absolute Gasteiger partial charge is 0.254 e. The molecule has 0 fully saturated rings. The maximum absolute atomic E-state index is 12.1. The first-order chi connectivity index (χ1) is 15.4. The van der Waals surface area contributed by atoms with Gasteiger partial charge in [0.25, 0.3) is 5.91 Å². The number of hydrogen-bond donors (Lipinski definition) is 4. The minimum Gasteiger partial charge on any atom is -0.491 e. The van der Waals surface area contributed by atoms with E-state index in [4.69, 9.17) is 4.74 Å². The molecule has 0 saturated carbocycles. The van der Waals surface area contributed by atoms with Gasteiger partial charge in [-0.15, -0.1) is 0 Å². The fraction of sp³-hybridized carbons (Fsp3) is 0.375. The van der Waals surface area contributed by atoms with Crippen LogP contribution < -0.4 is 20.7 Å². The average Bonchev–Trinajstić information content (AvgIpc) is 3.21. The Morgan fingerprint density at radius 1 is 1.16 bits per heavy atom. The molecule has 0 aliphatic carbocycles. The molecule has 2 aromatic rings. The van der Waals surface area contributed by atoms with Gasteiger partial charge in [0, 0.05) is 31.6 Å². The monoisotopic (exact) mass is 441 g/mol. The van der Waals surface area contributed by atoms with Crippen LogP contribution in [0.3, 0.4) is 0 Å². The Hall–Kier alpha value is -3.23. The molecule has 0 bridgehead atoms. The van der Waals surface area contributed by atoms with Crippen molar-refractivity contribution in [3.63, 3.8) is 0 Å². The molecule has 172 valence electrons. The molecule has 8 nitrogen and oxygen atoms in total. The van der Waals surface area contributed by atoms with Crippen LogP contribution in [-0.4, -0.2) is 63.6 Å². The second-order valence-electron chi connectivity index (χ2n) is 7.48. The number of aliphatic hydroxyl groups is 1. The maximum Gasteiger partial charge on any atom is 0.254 e. The molecular weight excluding hydrogens is 410 g/mol. The number of amides is 2. The highest BCUT2D eigenvalue weighted by Crippen LogP contribution is 2.45. The Labute approximate surface area is 188 Å². The standard InChI is InChI=1S/C18H17NO4.C6H14N2O/c1-19-17(22)14-7-12(9-20)8-15-16(14)23-11-18(15,10-21)13-5-3-2-4-6-13;1-6(9)8-5-3-4-7-2/h2-9,21H,10-11H2,1H3,(H,19,22);7H,3-5H2,1-2H3,(H,8,9). The van der Waals surface area contributed by atoms with Crippen LogP contribution in [0.4, 0.5) is 0 Å². The molecule has 8 heteroatoms. The number of ether oxygens (including phenoxy) is 1. The van der Waals surface area contributed by atoms with E-state index in [1.54, 1.807) is 6.07 Å². The Morgan fingerprint density at radius 3 is 2.44 bits per heavy atom. The third kappa shape index (κ3) is 5.72. The summed E-state index contributed by atoms with van der Waals surface area (Å²) in [6, 6.07) is 12.7. The van der Waals surface area contributed by atoms with Crippen molar-refractivity contribution in [3.05, 3.63) is 64.7 Å². The van der Waals surface area contributed by atoms with Gasteiger partial charge in [-0.25, -0.2) is 0 Å². The lowest BCUT2D eigenvalue weighted by Gasteiger charge is -2.26. The average molecular weight is 442 g/mol. The fourth-order valence-corrected chi connectivity index (χ4v) is 3.55. The van der Waals surface area contributed by atoms with Crippen molar-refractivity contribution >= 4 is 18.1 Å². The molecule has 0 spiro atoms. The van der Waals surface area contributed by atoms with Gasteiger partial charge < -0.3 is 25.8 Å². The first-order valence-corrected chi connectivity index (χ1v) is 10.5. The van der Waals surface area contributed by atoms with Gasteiger partial charge in [0.2, 0.25) is 5.91 Å². The van der Waals surface area contributed by atoms with Crippen molar-refractivity contribution in [2.75, 3.05) is 40.4 Å². The van der Waals surface area contributed by atoms with Gasteiger partial charge in [-0.05, 0) is 37.7 Å². The van der Waals surface area contributed by atoms with Gasteiger partial charge in [0.05, 0.1) is 17.6 Å². The molecule has 0 radical (unpaired) electrons. The van der Waals surface area contributed by atoms with Crippen LogP contribution in [0.1, 0.15) is 45.2 Å². The van der Waals surface area contributed by atoms with E-state index in [2.05, 4.69) is 16.0 Å². The minimum atomic E-state index is -0.779. The van der Waals surface area contributed by atoms with E-state index in [1.165, 1.54) is 20.0 Å². The highest BCUT2D eigenvalue weighted by Gasteiger charge is 2.44. The Bertz CT molecular complexity index is 933. The summed E-state index contributed by atoms with van der Waals surface area (Å²) in [6.45, 7) is 3.30. The summed E-state index contributed by atoms with van der Waals surface area (Å²) in [6.07, 6.45) is 1.69. The summed E-state index contributed by atoms with van der Waals surface area (Å²) < 4.78 is 5.78. The predicted molar refractivity (Wildman–Crippen MR) is 122 cm³/mol. The third-order valence-corrected chi connectivity index (χ3v) is 5.27. The minimum absolute atomic E-state index is 0.0473. The predicted octanol–water partition coefficient (Wildman–Crippen LogP) is 1.26. The fourth-order valence-electron chi connectivity index (χ4n) is 3.55. The van der Waals surface area contributed by atoms with Crippen LogP contribution in [0, 0.1) is 0 Å². The molecule has 2 amide bonds. The van der Waals surface area contributed by atoms with Gasteiger partial charge in [0.15, 0.2) is 0 Å². The summed E-state index contributed by atoms with van der Waals surface area (Å²) in [5.74, 6) is 0.144. The highest BCUT2D eigenvalue weighted by molar-refractivity contribution is 5.99. The van der Waals surface area contributed by atoms with Crippen molar-refractivity contribution < 1.29 is 24.2 Å². The number of benzene rings is 2. The van der Waals surface area contributed by atoms with Crippen molar-refractivity contribution in [1.29, 1.82) is 0 Å². The lowest BCUT2D eigenvalue weighted by molar-refractivity contribution is -0.118. The first kappa shape index (κ1) is 25.0. The van der Waals surface area contributed by atoms with Crippen LogP contribution >= 0.6 is 0 Å². The molecule has 1 aliphatic heterocycles. The van der Waals surface area contributed by atoms with Crippen LogP contribution in [-0.2, 0) is 10.2 Å². The Balaban J connectivity index is 0.000000344. The topological polar surface area (TPSA) is 117 Å². The quantitative estimate of drug-likeness (QED) is 0.362. The SMILES string of the molecule is CNC(=O)c1cc(C=O)cc2c1OCC2(CO)c1ccccc1.CNCCCNC(C)=O. The number of aliphatic hydroxyl groups excluding tert-OH is 1. The zero-order valence-electron chi connectivity index (χ0n) is 18.7. The number of fused-ring (bicyclic) bond motifs is 1. The lowest BCUT2D eigenvalue weighted by atomic mass is 9.76. The molecule has 1 aliphatic rings. The van der Waals surface area contributed by atoms with Gasteiger partial charge in [-0.3, -0.25) is 14.4 Å². The summed E-state index contributed by atoms with van der Waals surface area (Å²) in [5, 5.41) is 18.3. The van der Waals surface area contributed by atoms with E-state index < -0.39 is 5.41 Å². The van der Waals surface area contributed by atoms with E-state index >= 15 is 0 Å². The van der Waals surface area contributed by atoms with Crippen molar-refractivity contribution in [1.82, 2.24) is 16.0 Å². The molecule has 32 heavy (non-hydrogen) atoms. The molecule has 3 rings (SSSR count). The zero-order valence-corrected chi connectivity index (χ0v) is 18.7. The first-order valence-electron chi connectivity index (χ1n) is 10.5. The van der Waals surface area contributed by atoms with Crippen molar-refractivity contribution in [2.45, 2.75) is 18.8 Å². The van der Waals surface area contributed by atoms with Crippen LogP contribution in [0.5, 0.6) is 5.75 Å². The van der Waals surface area contributed by atoms with E-state index in [1.807, 2.05) is 37.4 Å². The lowest BCUT2D eigenvalue weighted by Crippen LogP contribution is -2.33. The molecule has 4 N–H and O–H groups in total. The number of hydrogen-bond acceptors (Lipinski definition) is 6. The van der Waals surface area contributed by atoms with E-state index in [0.717, 1.165) is 25.1 Å². The second-order valence-corrected chi connectivity index (χ2v) is 7.48. The van der Waals surface area contributed by atoms with Crippen molar-refractivity contribution in [2.24, 2.45) is 0 Å². The van der Waals surface area contributed by atoms with Gasteiger partial charge in [-0.1, -0.05) is 30.3 Å². The number of nitrogens with one attached hydrogen (secondary N) is 3. The molecule has 2 aromatic carbocycles. The van der Waals surface area contributed by atoms with Gasteiger partial charge >= 0.3 is 0 Å². The van der Waals surface area contributed by atoms with Crippen LogP contribution in [0.15, 0.2) is 42.5 Å². The maximum atomic E-state index is 12.1. The number of rotatable bonds is 8. The molecule has 0 aromatic heterocycles. The number of carbonyl (C=O) groups is 3. The molecule has 1 unspecified atom stereocenters. The zero-order chi connectivity index (χ0) is 23.6. The van der Waals surface area contributed by atoms with Gasteiger partial charge in [-0.2, -0.15) is 0 Å². The van der Waals surface area contributed by atoms with E-state index in [9.17, 15) is 19.5 Å². The largest absolute Gasteiger partial charge is 0.491 e. The second kappa shape index (κ2) is 12.0. The molecule has 1 heterocycles. The van der Waals surface area contributed by atoms with Crippen LogP contribution in [0.2, 0.25) is 0 Å². The molecule has 1 atom stereocenters. The summed E-state index contributed by atoms with van der Waals surface area (Å²) >= 11 is 0. The molecular formula is C24H31N3O5. The van der Waals surface area contributed by atoms with Crippen molar-refractivity contribution in [3.8, 4) is 5.75 Å². The number of aldehydes is 1. The van der Waals surface area contributed by atoms with E-state index in [0.29, 0.717) is 28.7 Å². The number of carbonyl (C=O) groups excluding carboxylic acids is 3. The van der Waals surface area contributed by atoms with E-state index in [-0.39, 0.29) is 25.0 Å². The summed E-state index contributed by atoms with van der Waals surface area (Å²) in [7, 11) is 3.42. The Morgan fingerprint density at radius 2 is 1.88 bits per heavy atom. The third-order valence-electron chi connectivity index (χ3n) is 5.27. The normalized spacial score (nSPS) is 16.1. The summed E-state index contributed by atoms with van der Waals surface area (Å²) in [4.78, 5) is 33.7. The van der Waals surface area contributed by atoms with Gasteiger partial charge in [0.1, 0.15) is 18.6 Å².